The molecule has 0 rings (SSSR count). The minimum atomic E-state index is 0.0380. The smallest absolute Gasteiger partial charge is 0.306 e. The second kappa shape index (κ2) is 41.1. The topological polar surface area (TPSA) is 55.8 Å². The second-order valence-electron chi connectivity index (χ2n) is 18.0. The molecule has 0 bridgehead atoms. The number of carbonyl (C=O) groups excluding carboxylic acids is 2. The van der Waals surface area contributed by atoms with Gasteiger partial charge in [-0.05, 0) is 96.6 Å². The Labute approximate surface area is 345 Å². The van der Waals surface area contributed by atoms with Gasteiger partial charge in [-0.25, -0.2) is 0 Å². The Morgan fingerprint density at radius 2 is 0.691 bits per heavy atom. The summed E-state index contributed by atoms with van der Waals surface area (Å²) in [5, 5.41) is 0. The van der Waals surface area contributed by atoms with Gasteiger partial charge in [0.1, 0.15) is 0 Å². The van der Waals surface area contributed by atoms with Gasteiger partial charge in [0, 0.05) is 18.9 Å². The van der Waals surface area contributed by atoms with Crippen molar-refractivity contribution in [3.05, 3.63) is 0 Å². The average Bonchev–Trinajstić information content (AvgIpc) is 3.16. The van der Waals surface area contributed by atoms with Crippen LogP contribution in [0.2, 0.25) is 0 Å². The van der Waals surface area contributed by atoms with Crippen molar-refractivity contribution >= 4 is 11.9 Å². The molecule has 0 radical (unpaired) electrons. The normalized spacial score (nSPS) is 11.9. The van der Waals surface area contributed by atoms with Crippen molar-refractivity contribution in [2.75, 3.05) is 26.8 Å². The molecule has 5 nitrogen and oxygen atoms in total. The fraction of sp³-hybridized carbons (Fsp3) is 0.960. The first-order valence-corrected chi connectivity index (χ1v) is 24.8. The third kappa shape index (κ3) is 37.0. The molecule has 0 aliphatic carbocycles. The van der Waals surface area contributed by atoms with Crippen LogP contribution in [0.25, 0.3) is 0 Å². The van der Waals surface area contributed by atoms with E-state index < -0.39 is 0 Å². The van der Waals surface area contributed by atoms with Crippen LogP contribution in [-0.2, 0) is 19.1 Å². The third-order valence-corrected chi connectivity index (χ3v) is 12.3. The summed E-state index contributed by atoms with van der Waals surface area (Å²) in [6.07, 6.45) is 41.4. The van der Waals surface area contributed by atoms with Crippen LogP contribution in [0.1, 0.15) is 260 Å². The molecule has 0 saturated carbocycles. The van der Waals surface area contributed by atoms with E-state index in [4.69, 9.17) is 9.47 Å². The van der Waals surface area contributed by atoms with E-state index >= 15 is 0 Å². The van der Waals surface area contributed by atoms with E-state index in [2.05, 4.69) is 53.5 Å². The molecule has 0 N–H and O–H groups in total. The van der Waals surface area contributed by atoms with Crippen LogP contribution >= 0.6 is 0 Å². The van der Waals surface area contributed by atoms with Crippen molar-refractivity contribution in [1.29, 1.82) is 0 Å². The molecule has 0 aromatic heterocycles. The molecule has 0 aromatic carbocycles. The van der Waals surface area contributed by atoms with Crippen LogP contribution < -0.4 is 0 Å². The monoisotopic (exact) mass is 778 g/mol. The Kier molecular flexibility index (Phi) is 40.3. The summed E-state index contributed by atoms with van der Waals surface area (Å²) >= 11 is 0. The van der Waals surface area contributed by atoms with Crippen LogP contribution in [-0.4, -0.2) is 49.7 Å². The maximum atomic E-state index is 12.5. The maximum absolute atomic E-state index is 12.5. The number of hydrogen-bond acceptors (Lipinski definition) is 5. The van der Waals surface area contributed by atoms with Crippen molar-refractivity contribution in [2.24, 2.45) is 17.8 Å². The Bertz CT molecular complexity index is 740. The largest absolute Gasteiger partial charge is 0.466 e. The third-order valence-electron chi connectivity index (χ3n) is 12.3. The molecular formula is C50H99NO4. The summed E-state index contributed by atoms with van der Waals surface area (Å²) in [7, 11) is 2.27. The molecule has 0 unspecified atom stereocenters. The van der Waals surface area contributed by atoms with E-state index in [0.29, 0.717) is 43.9 Å². The zero-order valence-corrected chi connectivity index (χ0v) is 38.6. The molecule has 5 heteroatoms. The molecule has 0 spiro atoms. The first-order valence-electron chi connectivity index (χ1n) is 24.8. The van der Waals surface area contributed by atoms with Gasteiger partial charge < -0.3 is 14.4 Å². The van der Waals surface area contributed by atoms with E-state index in [-0.39, 0.29) is 11.9 Å². The van der Waals surface area contributed by atoms with Crippen molar-refractivity contribution in [3.8, 4) is 0 Å². The number of esters is 2. The molecule has 0 aliphatic rings. The van der Waals surface area contributed by atoms with Crippen molar-refractivity contribution in [2.45, 2.75) is 266 Å². The predicted molar refractivity (Wildman–Crippen MR) is 240 cm³/mol. The molecule has 0 heterocycles. The molecule has 0 saturated heterocycles. The van der Waals surface area contributed by atoms with Gasteiger partial charge >= 0.3 is 11.9 Å². The summed E-state index contributed by atoms with van der Waals surface area (Å²) in [6, 6.07) is 0.622. The Balaban J connectivity index is 4.24. The van der Waals surface area contributed by atoms with Gasteiger partial charge in [-0.1, -0.05) is 182 Å². The van der Waals surface area contributed by atoms with Crippen LogP contribution in [0, 0.1) is 17.8 Å². The molecule has 0 atom stereocenters. The van der Waals surface area contributed by atoms with Crippen molar-refractivity contribution in [1.82, 2.24) is 4.90 Å². The summed E-state index contributed by atoms with van der Waals surface area (Å²) < 4.78 is 11.4. The van der Waals surface area contributed by atoms with Crippen molar-refractivity contribution < 1.29 is 19.1 Å². The van der Waals surface area contributed by atoms with E-state index in [0.717, 1.165) is 18.8 Å². The average molecular weight is 778 g/mol. The van der Waals surface area contributed by atoms with Gasteiger partial charge in [0.05, 0.1) is 13.2 Å². The molecule has 0 fully saturated rings. The second-order valence-corrected chi connectivity index (χ2v) is 18.0. The Morgan fingerprint density at radius 1 is 0.400 bits per heavy atom. The summed E-state index contributed by atoms with van der Waals surface area (Å²) in [6.45, 7) is 16.0. The SMILES string of the molecule is CCCCCC(CCCCC)CC(=O)OCCCCCCCCC(CCCCCCCCOC(=O)CC(CCCCC)CCCCC)CCCN(C)C(C)C. The minimum absolute atomic E-state index is 0.0380. The number of nitrogens with zero attached hydrogens (tertiary/aromatic N) is 1. The van der Waals surface area contributed by atoms with Gasteiger partial charge in [0.2, 0.25) is 0 Å². The molecule has 55 heavy (non-hydrogen) atoms. The van der Waals surface area contributed by atoms with Crippen LogP contribution in [0.5, 0.6) is 0 Å². The molecule has 0 amide bonds. The zero-order valence-electron chi connectivity index (χ0n) is 38.6. The standard InChI is InChI=1S/C50H99NO4/c1-8-12-24-35-47(36-25-13-9-2)43-49(52)54-41-30-22-18-16-20-28-33-46(39-32-40-51(7)45(5)6)34-29-21-17-19-23-31-42-55-50(53)44-48(37-26-14-10-3)38-27-15-11-4/h45-48H,8-44H2,1-7H3. The zero-order chi connectivity index (χ0) is 40.6. The highest BCUT2D eigenvalue weighted by molar-refractivity contribution is 5.70. The lowest BCUT2D eigenvalue weighted by molar-refractivity contribution is -0.146. The first-order chi connectivity index (χ1) is 26.8. The molecule has 0 aliphatic heterocycles. The van der Waals surface area contributed by atoms with Crippen LogP contribution in [0.15, 0.2) is 0 Å². The lowest BCUT2D eigenvalue weighted by atomic mass is 9.90. The lowest BCUT2D eigenvalue weighted by Crippen LogP contribution is -2.27. The number of hydrogen-bond donors (Lipinski definition) is 0. The molecule has 328 valence electrons. The maximum Gasteiger partial charge on any atom is 0.306 e. The number of rotatable bonds is 43. The van der Waals surface area contributed by atoms with Gasteiger partial charge in [0.25, 0.3) is 0 Å². The van der Waals surface area contributed by atoms with E-state index in [1.165, 1.54) is 199 Å². The number of unbranched alkanes of at least 4 members (excludes halogenated alkanes) is 18. The highest BCUT2D eigenvalue weighted by Crippen LogP contribution is 2.25. The first kappa shape index (κ1) is 53.9. The fourth-order valence-electron chi connectivity index (χ4n) is 8.20. The number of carbonyl (C=O) groups is 2. The Hall–Kier alpha value is -1.10. The van der Waals surface area contributed by atoms with Gasteiger partial charge in [-0.15, -0.1) is 0 Å². The fourth-order valence-corrected chi connectivity index (χ4v) is 8.20. The highest BCUT2D eigenvalue weighted by atomic mass is 16.5. The molecular weight excluding hydrogens is 679 g/mol. The van der Waals surface area contributed by atoms with Crippen LogP contribution in [0.4, 0.5) is 0 Å². The highest BCUT2D eigenvalue weighted by Gasteiger charge is 2.16. The van der Waals surface area contributed by atoms with E-state index in [1.54, 1.807) is 0 Å². The van der Waals surface area contributed by atoms with Gasteiger partial charge in [-0.2, -0.15) is 0 Å². The quantitative estimate of drug-likeness (QED) is 0.0456. The Morgan fingerprint density at radius 3 is 1.04 bits per heavy atom. The van der Waals surface area contributed by atoms with Gasteiger partial charge in [0.15, 0.2) is 0 Å². The molecule has 0 aromatic rings. The van der Waals surface area contributed by atoms with E-state index in [1.807, 2.05) is 0 Å². The summed E-state index contributed by atoms with van der Waals surface area (Å²) in [5.41, 5.74) is 0. The van der Waals surface area contributed by atoms with E-state index in [9.17, 15) is 9.59 Å². The van der Waals surface area contributed by atoms with Crippen molar-refractivity contribution in [3.63, 3.8) is 0 Å². The minimum Gasteiger partial charge on any atom is -0.466 e. The summed E-state index contributed by atoms with van der Waals surface area (Å²) in [5.74, 6) is 1.97. The predicted octanol–water partition coefficient (Wildman–Crippen LogP) is 15.6. The number of ether oxygens (including phenoxy) is 2. The lowest BCUT2D eigenvalue weighted by Gasteiger charge is -2.23. The summed E-state index contributed by atoms with van der Waals surface area (Å²) in [4.78, 5) is 27.6. The van der Waals surface area contributed by atoms with Crippen LogP contribution in [0.3, 0.4) is 0 Å². The van der Waals surface area contributed by atoms with Gasteiger partial charge in [-0.3, -0.25) is 9.59 Å².